The van der Waals surface area contributed by atoms with Crippen LogP contribution in [-0.2, 0) is 10.0 Å². The molecule has 6 nitrogen and oxygen atoms in total. The van der Waals surface area contributed by atoms with E-state index in [1.165, 1.54) is 18.2 Å². The summed E-state index contributed by atoms with van der Waals surface area (Å²) in [4.78, 5) is 11.8. The van der Waals surface area contributed by atoms with Crippen LogP contribution in [0.25, 0.3) is 0 Å². The maximum absolute atomic E-state index is 12.2. The fraction of sp³-hybridized carbons (Fsp3) is 0.267. The van der Waals surface area contributed by atoms with Crippen LogP contribution in [-0.4, -0.2) is 31.7 Å². The molecule has 0 heterocycles. The quantitative estimate of drug-likeness (QED) is 0.371. The van der Waals surface area contributed by atoms with Crippen LogP contribution in [0.15, 0.2) is 42.5 Å². The van der Waals surface area contributed by atoms with Gasteiger partial charge in [-0.05, 0) is 36.8 Å². The Morgan fingerprint density at radius 2 is 1.80 bits per heavy atom. The summed E-state index contributed by atoms with van der Waals surface area (Å²) >= 11 is 17.7. The average Bonchev–Trinajstić information content (AvgIpc) is 2.56. The first-order chi connectivity index (χ1) is 11.7. The second-order valence-electron chi connectivity index (χ2n) is 5.15. The van der Waals surface area contributed by atoms with Crippen molar-refractivity contribution in [2.24, 2.45) is 0 Å². The monoisotopic (exact) mass is 423 g/mol. The van der Waals surface area contributed by atoms with Crippen LogP contribution < -0.4 is 15.4 Å². The zero-order valence-corrected chi connectivity index (χ0v) is 16.0. The van der Waals surface area contributed by atoms with Gasteiger partial charge in [0.1, 0.15) is 0 Å². The highest BCUT2D eigenvalue weighted by Crippen LogP contribution is 2.28. The van der Waals surface area contributed by atoms with E-state index in [-0.39, 0.29) is 13.1 Å². The number of nitrogens with one attached hydrogen (secondary N) is 3. The fourth-order valence-corrected chi connectivity index (χ4v) is 3.77. The van der Waals surface area contributed by atoms with E-state index in [4.69, 9.17) is 34.8 Å². The highest BCUT2D eigenvalue weighted by molar-refractivity contribution is 7.92. The molecule has 3 N–H and O–H groups in total. The van der Waals surface area contributed by atoms with Crippen molar-refractivity contribution in [3.63, 3.8) is 0 Å². The van der Waals surface area contributed by atoms with E-state index in [9.17, 15) is 13.2 Å². The lowest BCUT2D eigenvalue weighted by Crippen LogP contribution is -2.43. The number of urea groups is 1. The Morgan fingerprint density at radius 1 is 1.12 bits per heavy atom. The van der Waals surface area contributed by atoms with Gasteiger partial charge in [-0.1, -0.05) is 47.0 Å². The van der Waals surface area contributed by atoms with Crippen molar-refractivity contribution in [1.82, 2.24) is 10.0 Å². The normalized spacial score (nSPS) is 15.8. The third-order valence-electron chi connectivity index (χ3n) is 3.25. The first-order valence-corrected chi connectivity index (χ1v) is 9.89. The van der Waals surface area contributed by atoms with E-state index in [2.05, 4.69) is 15.4 Å². The maximum atomic E-state index is 12.2. The second-order valence-corrected chi connectivity index (χ2v) is 8.78. The number of sulfonamides is 1. The van der Waals surface area contributed by atoms with E-state index in [0.29, 0.717) is 22.2 Å². The van der Waals surface area contributed by atoms with Crippen LogP contribution in [0.4, 0.5) is 10.5 Å². The molecule has 1 aromatic rings. The predicted octanol–water partition coefficient (Wildman–Crippen LogP) is 3.49. The van der Waals surface area contributed by atoms with E-state index in [1.54, 1.807) is 24.3 Å². The Hall–Kier alpha value is -1.25. The molecule has 0 saturated heterocycles. The molecule has 0 saturated carbocycles. The molecular formula is C15H16Cl3N3O3S. The van der Waals surface area contributed by atoms with Crippen LogP contribution in [0.3, 0.4) is 0 Å². The van der Waals surface area contributed by atoms with Gasteiger partial charge >= 0.3 is 6.03 Å². The summed E-state index contributed by atoms with van der Waals surface area (Å²) in [5, 5.41) is 5.77. The standard InChI is InChI=1S/C15H16Cl3N3O3S/c16-12-5-4-11(10-13(12)17)21-14(22)19-8-9-20-25(23,24)15(18)6-2-1-3-7-15/h2-7,10,20H,1,8-9H2,(H2,19,21,22). The van der Waals surface area contributed by atoms with Gasteiger partial charge in [0.15, 0.2) is 4.21 Å². The molecule has 0 unspecified atom stereocenters. The van der Waals surface area contributed by atoms with Crippen molar-refractivity contribution >= 4 is 56.5 Å². The van der Waals surface area contributed by atoms with E-state index in [1.807, 2.05) is 0 Å². The van der Waals surface area contributed by atoms with Crippen LogP contribution in [0, 0.1) is 0 Å². The van der Waals surface area contributed by atoms with E-state index in [0.717, 1.165) is 0 Å². The number of hydrogen-bond donors (Lipinski definition) is 3. The molecule has 25 heavy (non-hydrogen) atoms. The molecule has 0 bridgehead atoms. The van der Waals surface area contributed by atoms with Crippen molar-refractivity contribution in [3.8, 4) is 0 Å². The molecule has 0 radical (unpaired) electrons. The minimum Gasteiger partial charge on any atom is -0.337 e. The van der Waals surface area contributed by atoms with Crippen LogP contribution in [0.5, 0.6) is 0 Å². The van der Waals surface area contributed by atoms with Crippen molar-refractivity contribution in [2.45, 2.75) is 10.6 Å². The van der Waals surface area contributed by atoms with Gasteiger partial charge in [0.25, 0.3) is 0 Å². The lowest BCUT2D eigenvalue weighted by Gasteiger charge is -2.22. The second kappa shape index (κ2) is 8.42. The summed E-state index contributed by atoms with van der Waals surface area (Å²) in [5.41, 5.74) is 0.463. The number of benzene rings is 1. The van der Waals surface area contributed by atoms with Crippen LogP contribution >= 0.6 is 34.8 Å². The molecule has 0 aliphatic heterocycles. The van der Waals surface area contributed by atoms with E-state index >= 15 is 0 Å². The topological polar surface area (TPSA) is 87.3 Å². The fourth-order valence-electron chi connectivity index (χ4n) is 1.99. The molecule has 1 aromatic carbocycles. The van der Waals surface area contributed by atoms with Gasteiger partial charge in [-0.25, -0.2) is 17.9 Å². The van der Waals surface area contributed by atoms with Gasteiger partial charge in [-0.15, -0.1) is 0 Å². The minimum absolute atomic E-state index is 0.00667. The summed E-state index contributed by atoms with van der Waals surface area (Å²) in [7, 11) is -3.81. The molecule has 1 aliphatic rings. The molecule has 10 heteroatoms. The highest BCUT2D eigenvalue weighted by atomic mass is 35.5. The van der Waals surface area contributed by atoms with Gasteiger partial charge < -0.3 is 10.6 Å². The molecule has 0 aromatic heterocycles. The molecule has 0 atom stereocenters. The summed E-state index contributed by atoms with van der Waals surface area (Å²) in [6.07, 6.45) is 6.83. The summed E-state index contributed by atoms with van der Waals surface area (Å²) < 4.78 is 25.2. The Balaban J connectivity index is 1.79. The highest BCUT2D eigenvalue weighted by Gasteiger charge is 2.37. The average molecular weight is 425 g/mol. The molecule has 2 rings (SSSR count). The number of amides is 2. The third-order valence-corrected chi connectivity index (χ3v) is 6.53. The van der Waals surface area contributed by atoms with Gasteiger partial charge in [-0.3, -0.25) is 0 Å². The lowest BCUT2D eigenvalue weighted by molar-refractivity contribution is 0.252. The first-order valence-electron chi connectivity index (χ1n) is 7.27. The first kappa shape index (κ1) is 20.1. The number of anilines is 1. The predicted molar refractivity (Wildman–Crippen MR) is 102 cm³/mol. The summed E-state index contributed by atoms with van der Waals surface area (Å²) in [6, 6.07) is 4.15. The molecule has 1 aliphatic carbocycles. The molecule has 0 fully saturated rings. The van der Waals surface area contributed by atoms with Crippen molar-refractivity contribution in [3.05, 3.63) is 52.5 Å². The Labute approximate surface area is 161 Å². The number of rotatable bonds is 6. The van der Waals surface area contributed by atoms with Crippen LogP contribution in [0.1, 0.15) is 6.42 Å². The summed E-state index contributed by atoms with van der Waals surface area (Å²) in [5.74, 6) is 0. The largest absolute Gasteiger partial charge is 0.337 e. The number of carbonyl (C=O) groups excluding carboxylic acids is 1. The zero-order chi connectivity index (χ0) is 18.5. The maximum Gasteiger partial charge on any atom is 0.319 e. The van der Waals surface area contributed by atoms with Gasteiger partial charge in [-0.2, -0.15) is 0 Å². The number of carbonyl (C=O) groups is 1. The Bertz CT molecular complexity index is 797. The third kappa shape index (κ3) is 5.36. The SMILES string of the molecule is O=C(NCCNS(=O)(=O)C1(Cl)C=CCC=C1)Nc1ccc(Cl)c(Cl)c1. The summed E-state index contributed by atoms with van der Waals surface area (Å²) in [6.45, 7) is 0.0695. The number of allylic oxidation sites excluding steroid dienone is 2. The Morgan fingerprint density at radius 3 is 2.44 bits per heavy atom. The molecule has 0 spiro atoms. The van der Waals surface area contributed by atoms with Gasteiger partial charge in [0.05, 0.1) is 10.0 Å². The molecule has 2 amide bonds. The number of alkyl halides is 1. The number of halogens is 3. The molecule has 136 valence electrons. The number of hydrogen-bond acceptors (Lipinski definition) is 3. The zero-order valence-electron chi connectivity index (χ0n) is 12.9. The van der Waals surface area contributed by atoms with Crippen molar-refractivity contribution < 1.29 is 13.2 Å². The smallest absolute Gasteiger partial charge is 0.319 e. The van der Waals surface area contributed by atoms with Crippen molar-refractivity contribution in [2.75, 3.05) is 18.4 Å². The van der Waals surface area contributed by atoms with Gasteiger partial charge in [0, 0.05) is 18.8 Å². The van der Waals surface area contributed by atoms with Crippen molar-refractivity contribution in [1.29, 1.82) is 0 Å². The van der Waals surface area contributed by atoms with Gasteiger partial charge in [0.2, 0.25) is 10.0 Å². The minimum atomic E-state index is -3.81. The molecular weight excluding hydrogens is 409 g/mol. The van der Waals surface area contributed by atoms with E-state index < -0.39 is 20.3 Å². The lowest BCUT2D eigenvalue weighted by atomic mass is 10.2. The van der Waals surface area contributed by atoms with Crippen LogP contribution in [0.2, 0.25) is 10.0 Å². The Kier molecular flexibility index (Phi) is 6.76.